The van der Waals surface area contributed by atoms with Crippen LogP contribution in [0.1, 0.15) is 42.8 Å². The van der Waals surface area contributed by atoms with Gasteiger partial charge < -0.3 is 19.0 Å². The van der Waals surface area contributed by atoms with E-state index in [1.54, 1.807) is 7.11 Å². The molecule has 4 heterocycles. The van der Waals surface area contributed by atoms with Crippen LogP contribution in [0.25, 0.3) is 0 Å². The molecule has 0 spiro atoms. The number of aromatic nitrogens is 1. The van der Waals surface area contributed by atoms with Crippen LogP contribution in [-0.2, 0) is 24.4 Å². The standard InChI is InChI=1S/C25H38N4O2/c1-27-13-9-23(10-14-27)29-15-7-22(8-16-29)18-28(17-21-5-11-26-12-6-21)19-24-3-4-25(31-24)20-30-2/h3-6,11-12,22-23H,7-10,13-20H2,1-2H3. The molecule has 170 valence electrons. The molecular weight excluding hydrogens is 388 g/mol. The molecule has 0 N–H and O–H groups in total. The Hall–Kier alpha value is -1.73. The van der Waals surface area contributed by atoms with Crippen molar-refractivity contribution in [1.82, 2.24) is 19.7 Å². The van der Waals surface area contributed by atoms with Crippen LogP contribution in [0, 0.1) is 5.92 Å². The fourth-order valence-corrected chi connectivity index (χ4v) is 5.10. The summed E-state index contributed by atoms with van der Waals surface area (Å²) in [6, 6.07) is 9.16. The minimum atomic E-state index is 0.528. The number of ether oxygens (including phenoxy) is 1. The Balaban J connectivity index is 1.33. The smallest absolute Gasteiger partial charge is 0.129 e. The number of piperidine rings is 2. The van der Waals surface area contributed by atoms with Crippen LogP contribution in [0.4, 0.5) is 0 Å². The van der Waals surface area contributed by atoms with Gasteiger partial charge in [-0.3, -0.25) is 9.88 Å². The fraction of sp³-hybridized carbons (Fsp3) is 0.640. The molecule has 0 saturated carbocycles. The van der Waals surface area contributed by atoms with E-state index in [4.69, 9.17) is 9.15 Å². The molecule has 0 aliphatic carbocycles. The Morgan fingerprint density at radius 1 is 0.968 bits per heavy atom. The summed E-state index contributed by atoms with van der Waals surface area (Å²) >= 11 is 0. The van der Waals surface area contributed by atoms with Crippen molar-refractivity contribution in [3.8, 4) is 0 Å². The van der Waals surface area contributed by atoms with Gasteiger partial charge >= 0.3 is 0 Å². The van der Waals surface area contributed by atoms with Crippen LogP contribution in [0.5, 0.6) is 0 Å². The predicted octanol–water partition coefficient (Wildman–Crippen LogP) is 3.63. The normalized spacial score (nSPS) is 20.0. The van der Waals surface area contributed by atoms with Crippen molar-refractivity contribution in [3.05, 3.63) is 53.7 Å². The number of pyridine rings is 1. The molecule has 0 bridgehead atoms. The minimum absolute atomic E-state index is 0.528. The van der Waals surface area contributed by atoms with E-state index in [9.17, 15) is 0 Å². The van der Waals surface area contributed by atoms with E-state index < -0.39 is 0 Å². The molecule has 6 nitrogen and oxygen atoms in total. The summed E-state index contributed by atoms with van der Waals surface area (Å²) in [6.45, 7) is 8.40. The van der Waals surface area contributed by atoms with Crippen LogP contribution in [0.3, 0.4) is 0 Å². The van der Waals surface area contributed by atoms with Crippen molar-refractivity contribution in [2.75, 3.05) is 46.9 Å². The highest BCUT2D eigenvalue weighted by atomic mass is 16.5. The highest BCUT2D eigenvalue weighted by Gasteiger charge is 2.28. The van der Waals surface area contributed by atoms with Gasteiger partial charge in [-0.25, -0.2) is 0 Å². The molecule has 0 aromatic carbocycles. The third kappa shape index (κ3) is 6.62. The van der Waals surface area contributed by atoms with E-state index >= 15 is 0 Å². The molecule has 31 heavy (non-hydrogen) atoms. The summed E-state index contributed by atoms with van der Waals surface area (Å²) in [5.74, 6) is 2.66. The molecule has 2 aliphatic heterocycles. The lowest BCUT2D eigenvalue weighted by molar-refractivity contribution is 0.0715. The molecule has 0 amide bonds. The summed E-state index contributed by atoms with van der Waals surface area (Å²) in [6.07, 6.45) is 9.03. The van der Waals surface area contributed by atoms with E-state index in [0.29, 0.717) is 6.61 Å². The summed E-state index contributed by atoms with van der Waals surface area (Å²) in [5, 5.41) is 0. The Morgan fingerprint density at radius 2 is 1.68 bits per heavy atom. The lowest BCUT2D eigenvalue weighted by Gasteiger charge is -2.41. The van der Waals surface area contributed by atoms with Gasteiger partial charge in [0, 0.05) is 38.6 Å². The van der Waals surface area contributed by atoms with Gasteiger partial charge in [0.25, 0.3) is 0 Å². The summed E-state index contributed by atoms with van der Waals surface area (Å²) in [7, 11) is 3.95. The average molecular weight is 427 g/mol. The van der Waals surface area contributed by atoms with Gasteiger partial charge in [0.1, 0.15) is 18.1 Å². The summed E-state index contributed by atoms with van der Waals surface area (Å²) in [4.78, 5) is 11.9. The molecule has 2 fully saturated rings. The van der Waals surface area contributed by atoms with Crippen LogP contribution in [0.15, 0.2) is 41.1 Å². The number of rotatable bonds is 9. The van der Waals surface area contributed by atoms with Gasteiger partial charge in [-0.2, -0.15) is 0 Å². The Morgan fingerprint density at radius 3 is 2.39 bits per heavy atom. The third-order valence-corrected chi connectivity index (χ3v) is 6.91. The second-order valence-electron chi connectivity index (χ2n) is 9.34. The first-order valence-electron chi connectivity index (χ1n) is 11.8. The monoisotopic (exact) mass is 426 g/mol. The zero-order valence-electron chi connectivity index (χ0n) is 19.2. The van der Waals surface area contributed by atoms with Crippen LogP contribution >= 0.6 is 0 Å². The van der Waals surface area contributed by atoms with E-state index in [0.717, 1.165) is 43.1 Å². The van der Waals surface area contributed by atoms with E-state index in [1.807, 2.05) is 18.5 Å². The van der Waals surface area contributed by atoms with Crippen molar-refractivity contribution < 1.29 is 9.15 Å². The topological polar surface area (TPSA) is 45.0 Å². The minimum Gasteiger partial charge on any atom is -0.462 e. The molecule has 0 radical (unpaired) electrons. The molecule has 2 saturated heterocycles. The van der Waals surface area contributed by atoms with Gasteiger partial charge in [0.2, 0.25) is 0 Å². The van der Waals surface area contributed by atoms with Gasteiger partial charge in [0.15, 0.2) is 0 Å². The van der Waals surface area contributed by atoms with E-state index in [-0.39, 0.29) is 0 Å². The SMILES string of the molecule is COCc1ccc(CN(Cc2ccncc2)CC2CCN(C3CCN(C)CC3)CC2)o1. The Labute approximate surface area is 187 Å². The third-order valence-electron chi connectivity index (χ3n) is 6.91. The first-order chi connectivity index (χ1) is 15.2. The van der Waals surface area contributed by atoms with Gasteiger partial charge in [-0.1, -0.05) is 0 Å². The number of hydrogen-bond acceptors (Lipinski definition) is 6. The van der Waals surface area contributed by atoms with Crippen LogP contribution in [0.2, 0.25) is 0 Å². The fourth-order valence-electron chi connectivity index (χ4n) is 5.10. The average Bonchev–Trinajstić information content (AvgIpc) is 3.23. The highest BCUT2D eigenvalue weighted by molar-refractivity contribution is 5.11. The number of likely N-dealkylation sites (tertiary alicyclic amines) is 2. The zero-order chi connectivity index (χ0) is 21.5. The number of hydrogen-bond donors (Lipinski definition) is 0. The summed E-state index contributed by atoms with van der Waals surface area (Å²) < 4.78 is 11.2. The lowest BCUT2D eigenvalue weighted by atomic mass is 9.93. The van der Waals surface area contributed by atoms with E-state index in [1.165, 1.54) is 57.4 Å². The van der Waals surface area contributed by atoms with Crippen molar-refractivity contribution in [3.63, 3.8) is 0 Å². The van der Waals surface area contributed by atoms with Gasteiger partial charge in [-0.15, -0.1) is 0 Å². The number of nitrogens with zero attached hydrogens (tertiary/aromatic N) is 4. The van der Waals surface area contributed by atoms with Crippen molar-refractivity contribution in [2.24, 2.45) is 5.92 Å². The van der Waals surface area contributed by atoms with Crippen LogP contribution < -0.4 is 0 Å². The molecule has 0 unspecified atom stereocenters. The maximum atomic E-state index is 6.00. The highest BCUT2D eigenvalue weighted by Crippen LogP contribution is 2.25. The van der Waals surface area contributed by atoms with Crippen molar-refractivity contribution >= 4 is 0 Å². The Bertz CT molecular complexity index is 765. The quantitative estimate of drug-likeness (QED) is 0.610. The van der Waals surface area contributed by atoms with Crippen molar-refractivity contribution in [1.29, 1.82) is 0 Å². The Kier molecular flexibility index (Phi) is 8.14. The van der Waals surface area contributed by atoms with Gasteiger partial charge in [-0.05, 0) is 94.7 Å². The van der Waals surface area contributed by atoms with Crippen LogP contribution in [-0.4, -0.2) is 72.6 Å². The lowest BCUT2D eigenvalue weighted by Crippen LogP contribution is -2.47. The van der Waals surface area contributed by atoms with Crippen molar-refractivity contribution in [2.45, 2.75) is 51.4 Å². The molecular formula is C25H38N4O2. The first-order valence-corrected chi connectivity index (χ1v) is 11.8. The maximum absolute atomic E-state index is 6.00. The first kappa shape index (κ1) is 22.5. The molecule has 4 rings (SSSR count). The second-order valence-corrected chi connectivity index (χ2v) is 9.34. The number of furan rings is 1. The van der Waals surface area contributed by atoms with Gasteiger partial charge in [0.05, 0.1) is 6.54 Å². The molecule has 2 aliphatic rings. The zero-order valence-corrected chi connectivity index (χ0v) is 19.2. The summed E-state index contributed by atoms with van der Waals surface area (Å²) in [5.41, 5.74) is 1.31. The molecule has 0 atom stereocenters. The molecule has 2 aromatic heterocycles. The largest absolute Gasteiger partial charge is 0.462 e. The molecule has 2 aromatic rings. The number of methoxy groups -OCH3 is 1. The van der Waals surface area contributed by atoms with E-state index in [2.05, 4.69) is 44.9 Å². The predicted molar refractivity (Wildman–Crippen MR) is 123 cm³/mol. The maximum Gasteiger partial charge on any atom is 0.129 e. The second kappa shape index (κ2) is 11.2. The molecule has 6 heteroatoms.